The molecule has 0 spiro atoms. The van der Waals surface area contributed by atoms with Gasteiger partial charge in [-0.1, -0.05) is 25.5 Å². The highest BCUT2D eigenvalue weighted by Crippen LogP contribution is 2.28. The number of pyridine rings is 1. The number of anilines is 1. The van der Waals surface area contributed by atoms with Crippen molar-refractivity contribution in [2.75, 3.05) is 5.73 Å². The minimum atomic E-state index is 0.653. The van der Waals surface area contributed by atoms with Crippen LogP contribution in [0.5, 0.6) is 0 Å². The number of nitrogen functional groups attached to an aromatic ring is 1. The highest BCUT2D eigenvalue weighted by Gasteiger charge is 2.07. The van der Waals surface area contributed by atoms with Crippen LogP contribution in [0.2, 0.25) is 0 Å². The predicted molar refractivity (Wildman–Crippen MR) is 72.6 cm³/mol. The molecule has 1 heterocycles. The van der Waals surface area contributed by atoms with Crippen molar-refractivity contribution < 1.29 is 0 Å². The van der Waals surface area contributed by atoms with Crippen LogP contribution in [0.15, 0.2) is 22.7 Å². The molecule has 16 heavy (non-hydrogen) atoms. The first-order valence-electron chi connectivity index (χ1n) is 5.47. The number of benzene rings is 1. The van der Waals surface area contributed by atoms with Gasteiger partial charge in [0.1, 0.15) is 5.82 Å². The van der Waals surface area contributed by atoms with E-state index in [0.717, 1.165) is 33.8 Å². The Bertz CT molecular complexity index is 535. The third-order valence-corrected chi connectivity index (χ3v) is 3.75. The molecule has 0 radical (unpaired) electrons. The van der Waals surface area contributed by atoms with Crippen molar-refractivity contribution in [2.45, 2.75) is 26.7 Å². The molecule has 0 aliphatic rings. The Morgan fingerprint density at radius 2 is 2.12 bits per heavy atom. The zero-order valence-corrected chi connectivity index (χ0v) is 11.1. The first-order chi connectivity index (χ1) is 7.63. The number of hydrogen-bond acceptors (Lipinski definition) is 2. The molecule has 2 aromatic rings. The van der Waals surface area contributed by atoms with Gasteiger partial charge in [-0.3, -0.25) is 0 Å². The predicted octanol–water partition coefficient (Wildman–Crippen LogP) is 3.84. The highest BCUT2D eigenvalue weighted by molar-refractivity contribution is 9.10. The molecule has 84 valence electrons. The van der Waals surface area contributed by atoms with E-state index in [1.165, 1.54) is 5.56 Å². The van der Waals surface area contributed by atoms with E-state index in [1.807, 2.05) is 0 Å². The van der Waals surface area contributed by atoms with Crippen LogP contribution in [0, 0.1) is 6.92 Å². The van der Waals surface area contributed by atoms with E-state index in [1.54, 1.807) is 0 Å². The standard InChI is InChI=1S/C13H15BrN2/c1-3-4-10-7-9-6-5-8(2)11(14)12(9)16-13(10)15/h5-7H,3-4H2,1-2H3,(H2,15,16). The number of aromatic nitrogens is 1. The lowest BCUT2D eigenvalue weighted by molar-refractivity contribution is 0.921. The number of halogens is 1. The Morgan fingerprint density at radius 1 is 1.38 bits per heavy atom. The number of hydrogen-bond donors (Lipinski definition) is 1. The van der Waals surface area contributed by atoms with Crippen LogP contribution in [0.25, 0.3) is 10.9 Å². The number of rotatable bonds is 2. The van der Waals surface area contributed by atoms with Gasteiger partial charge in [-0.15, -0.1) is 0 Å². The molecule has 2 rings (SSSR count). The SMILES string of the molecule is CCCc1cc2ccc(C)c(Br)c2nc1N. The fraction of sp³-hybridized carbons (Fsp3) is 0.308. The Morgan fingerprint density at radius 3 is 2.81 bits per heavy atom. The second-order valence-electron chi connectivity index (χ2n) is 4.05. The lowest BCUT2D eigenvalue weighted by Gasteiger charge is -2.08. The van der Waals surface area contributed by atoms with E-state index < -0.39 is 0 Å². The summed E-state index contributed by atoms with van der Waals surface area (Å²) in [5.41, 5.74) is 9.24. The summed E-state index contributed by atoms with van der Waals surface area (Å²) in [6, 6.07) is 6.34. The van der Waals surface area contributed by atoms with E-state index >= 15 is 0 Å². The van der Waals surface area contributed by atoms with E-state index in [4.69, 9.17) is 5.73 Å². The fourth-order valence-corrected chi connectivity index (χ4v) is 2.28. The van der Waals surface area contributed by atoms with Crippen molar-refractivity contribution in [1.29, 1.82) is 0 Å². The molecular formula is C13H15BrN2. The van der Waals surface area contributed by atoms with Crippen molar-refractivity contribution in [3.63, 3.8) is 0 Å². The maximum atomic E-state index is 5.96. The van der Waals surface area contributed by atoms with Crippen LogP contribution in [-0.4, -0.2) is 4.98 Å². The monoisotopic (exact) mass is 278 g/mol. The molecule has 0 aliphatic heterocycles. The molecule has 0 bridgehead atoms. The van der Waals surface area contributed by atoms with Gasteiger partial charge in [0.05, 0.1) is 5.52 Å². The Labute approximate surface area is 104 Å². The molecule has 0 saturated heterocycles. The van der Waals surface area contributed by atoms with Crippen LogP contribution >= 0.6 is 15.9 Å². The van der Waals surface area contributed by atoms with Crippen LogP contribution in [0.3, 0.4) is 0 Å². The van der Waals surface area contributed by atoms with Crippen molar-refractivity contribution in [3.8, 4) is 0 Å². The Kier molecular flexibility index (Phi) is 3.15. The number of nitrogens with zero attached hydrogens (tertiary/aromatic N) is 1. The summed E-state index contributed by atoms with van der Waals surface area (Å²) >= 11 is 3.56. The minimum absolute atomic E-state index is 0.653. The van der Waals surface area contributed by atoms with Crippen molar-refractivity contribution >= 4 is 32.7 Å². The van der Waals surface area contributed by atoms with Crippen LogP contribution < -0.4 is 5.73 Å². The minimum Gasteiger partial charge on any atom is -0.383 e. The van der Waals surface area contributed by atoms with Crippen LogP contribution in [0.1, 0.15) is 24.5 Å². The van der Waals surface area contributed by atoms with Gasteiger partial charge in [-0.05, 0) is 46.5 Å². The summed E-state index contributed by atoms with van der Waals surface area (Å²) in [6.07, 6.45) is 2.07. The van der Waals surface area contributed by atoms with Crippen LogP contribution in [-0.2, 0) is 6.42 Å². The van der Waals surface area contributed by atoms with Gasteiger partial charge >= 0.3 is 0 Å². The summed E-state index contributed by atoms with van der Waals surface area (Å²) < 4.78 is 1.04. The third kappa shape index (κ3) is 1.92. The fourth-order valence-electron chi connectivity index (χ4n) is 1.83. The maximum Gasteiger partial charge on any atom is 0.127 e. The lowest BCUT2D eigenvalue weighted by Crippen LogP contribution is -1.99. The average molecular weight is 279 g/mol. The molecule has 2 N–H and O–H groups in total. The van der Waals surface area contributed by atoms with Crippen molar-refractivity contribution in [3.05, 3.63) is 33.8 Å². The summed E-state index contributed by atoms with van der Waals surface area (Å²) in [7, 11) is 0. The van der Waals surface area contributed by atoms with Crippen molar-refractivity contribution in [1.82, 2.24) is 4.98 Å². The smallest absolute Gasteiger partial charge is 0.127 e. The molecular weight excluding hydrogens is 264 g/mol. The molecule has 0 saturated carbocycles. The average Bonchev–Trinajstić information content (AvgIpc) is 2.26. The summed E-state index contributed by atoms with van der Waals surface area (Å²) in [5, 5.41) is 1.15. The summed E-state index contributed by atoms with van der Waals surface area (Å²) in [4.78, 5) is 4.49. The van der Waals surface area contributed by atoms with E-state index in [0.29, 0.717) is 5.82 Å². The van der Waals surface area contributed by atoms with Gasteiger partial charge in [-0.25, -0.2) is 4.98 Å². The summed E-state index contributed by atoms with van der Waals surface area (Å²) in [5.74, 6) is 0.653. The highest BCUT2D eigenvalue weighted by atomic mass is 79.9. The van der Waals surface area contributed by atoms with E-state index in [9.17, 15) is 0 Å². The topological polar surface area (TPSA) is 38.9 Å². The van der Waals surface area contributed by atoms with E-state index in [-0.39, 0.29) is 0 Å². The molecule has 0 atom stereocenters. The van der Waals surface area contributed by atoms with E-state index in [2.05, 4.69) is 53.0 Å². The Balaban J connectivity index is 2.69. The number of nitrogens with two attached hydrogens (primary N) is 1. The zero-order valence-electron chi connectivity index (χ0n) is 9.55. The lowest BCUT2D eigenvalue weighted by atomic mass is 10.1. The normalized spacial score (nSPS) is 10.9. The van der Waals surface area contributed by atoms with Crippen LogP contribution in [0.4, 0.5) is 5.82 Å². The molecule has 0 fully saturated rings. The summed E-state index contributed by atoms with van der Waals surface area (Å²) in [6.45, 7) is 4.20. The van der Waals surface area contributed by atoms with Crippen molar-refractivity contribution in [2.24, 2.45) is 0 Å². The zero-order chi connectivity index (χ0) is 11.7. The second kappa shape index (κ2) is 4.42. The molecule has 1 aromatic heterocycles. The molecule has 0 unspecified atom stereocenters. The molecule has 3 heteroatoms. The number of aryl methyl sites for hydroxylation is 2. The van der Waals surface area contributed by atoms with Gasteiger partial charge in [-0.2, -0.15) is 0 Å². The largest absolute Gasteiger partial charge is 0.383 e. The quantitative estimate of drug-likeness (QED) is 0.907. The molecule has 0 aliphatic carbocycles. The van der Waals surface area contributed by atoms with Gasteiger partial charge < -0.3 is 5.73 Å². The third-order valence-electron chi connectivity index (χ3n) is 2.75. The first kappa shape index (κ1) is 11.4. The van der Waals surface area contributed by atoms with Gasteiger partial charge in [0.15, 0.2) is 0 Å². The Hall–Kier alpha value is -1.09. The number of fused-ring (bicyclic) bond motifs is 1. The molecule has 1 aromatic carbocycles. The van der Waals surface area contributed by atoms with Gasteiger partial charge in [0, 0.05) is 9.86 Å². The first-order valence-corrected chi connectivity index (χ1v) is 6.27. The van der Waals surface area contributed by atoms with Gasteiger partial charge in [0.25, 0.3) is 0 Å². The molecule has 0 amide bonds. The van der Waals surface area contributed by atoms with Gasteiger partial charge in [0.2, 0.25) is 0 Å². The second-order valence-corrected chi connectivity index (χ2v) is 4.84. The maximum absolute atomic E-state index is 5.96. The molecule has 2 nitrogen and oxygen atoms in total.